The first kappa shape index (κ1) is 40.5. The Balaban J connectivity index is 3.06. The fourth-order valence-electron chi connectivity index (χ4n) is 4.38. The second-order valence-corrected chi connectivity index (χ2v) is 11.5. The number of carboxylic acids is 1. The number of unbranched alkanes of at least 4 members (excludes halogenated alkanes) is 1. The molecular formula is C31H49N7O9. The number of rotatable bonds is 21. The molecule has 0 aliphatic rings. The van der Waals surface area contributed by atoms with Crippen molar-refractivity contribution < 1.29 is 43.8 Å². The maximum absolute atomic E-state index is 13.2. The molecule has 0 unspecified atom stereocenters. The number of nitrogens with two attached hydrogens (primary N) is 2. The molecule has 0 saturated carbocycles. The molecule has 0 saturated heterocycles. The third kappa shape index (κ3) is 15.0. The highest BCUT2D eigenvalue weighted by Gasteiger charge is 2.31. The molecule has 0 heterocycles. The summed E-state index contributed by atoms with van der Waals surface area (Å²) in [5.41, 5.74) is 11.7. The van der Waals surface area contributed by atoms with Crippen LogP contribution in [0.15, 0.2) is 24.3 Å². The Kier molecular flexibility index (Phi) is 17.7. The van der Waals surface area contributed by atoms with Gasteiger partial charge in [-0.15, -0.1) is 0 Å². The largest absolute Gasteiger partial charge is 0.508 e. The van der Waals surface area contributed by atoms with Gasteiger partial charge in [0.2, 0.25) is 29.5 Å². The molecule has 16 heteroatoms. The summed E-state index contributed by atoms with van der Waals surface area (Å²) in [6.07, 6.45) is 1.24. The highest BCUT2D eigenvalue weighted by Crippen LogP contribution is 2.13. The van der Waals surface area contributed by atoms with Crippen molar-refractivity contribution in [1.82, 2.24) is 26.6 Å². The Bertz CT molecular complexity index is 1240. The molecule has 1 aromatic rings. The Hall–Kier alpha value is -4.57. The summed E-state index contributed by atoms with van der Waals surface area (Å²) < 4.78 is 0. The van der Waals surface area contributed by atoms with E-state index in [9.17, 15) is 43.8 Å². The summed E-state index contributed by atoms with van der Waals surface area (Å²) in [6.45, 7) is 5.79. The molecule has 6 atom stereocenters. The minimum atomic E-state index is -1.39. The molecule has 1 rings (SSSR count). The molecule has 16 nitrogen and oxygen atoms in total. The number of benzene rings is 1. The average Bonchev–Trinajstić information content (AvgIpc) is 3.01. The standard InChI is InChI=1S/C31H49N7O9/c1-5-17(2)26(31(46)47)38-30(45)24(15-20-9-11-21(40)12-10-20)35-25(41)16-34-28(43)23(14-18(3)39)37-29(44)22(8-6-7-13-32)36-27(42)19(4)33/h9-12,17,19,22-24,26,40H,5-8,13-16,32-33H2,1-4H3,(H,34,43)(H,35,41)(H,36,42)(H,37,44)(H,38,45)(H,46,47)/t17-,19-,22-,23-,24-,26-/m0/s1. The average molecular weight is 664 g/mol. The zero-order valence-electron chi connectivity index (χ0n) is 27.3. The van der Waals surface area contributed by atoms with Crippen LogP contribution < -0.4 is 38.1 Å². The van der Waals surface area contributed by atoms with Gasteiger partial charge in [-0.3, -0.25) is 28.8 Å². The summed E-state index contributed by atoms with van der Waals surface area (Å²) in [5.74, 6) is -5.90. The number of ketones is 1. The van der Waals surface area contributed by atoms with E-state index < -0.39 is 90.4 Å². The lowest BCUT2D eigenvalue weighted by Gasteiger charge is -2.25. The number of Topliss-reactive ketones (excluding diaryl/α,β-unsaturated/α-hetero) is 1. The molecular weight excluding hydrogens is 614 g/mol. The quantitative estimate of drug-likeness (QED) is 0.0688. The van der Waals surface area contributed by atoms with Crippen LogP contribution in [-0.4, -0.2) is 94.8 Å². The van der Waals surface area contributed by atoms with E-state index in [2.05, 4.69) is 26.6 Å². The van der Waals surface area contributed by atoms with Crippen LogP contribution in [0.25, 0.3) is 0 Å². The van der Waals surface area contributed by atoms with E-state index in [4.69, 9.17) is 11.5 Å². The molecule has 5 amide bonds. The second kappa shape index (κ2) is 20.5. The molecule has 0 spiro atoms. The van der Waals surface area contributed by atoms with Crippen molar-refractivity contribution >= 4 is 41.3 Å². The summed E-state index contributed by atoms with van der Waals surface area (Å²) >= 11 is 0. The van der Waals surface area contributed by atoms with Crippen molar-refractivity contribution in [3.8, 4) is 5.75 Å². The van der Waals surface area contributed by atoms with Crippen molar-refractivity contribution in [2.24, 2.45) is 17.4 Å². The van der Waals surface area contributed by atoms with E-state index >= 15 is 0 Å². The van der Waals surface area contributed by atoms with Crippen LogP contribution in [0.5, 0.6) is 5.75 Å². The van der Waals surface area contributed by atoms with E-state index in [1.165, 1.54) is 38.1 Å². The minimum absolute atomic E-state index is 0.0189. The van der Waals surface area contributed by atoms with Crippen LogP contribution >= 0.6 is 0 Å². The van der Waals surface area contributed by atoms with Gasteiger partial charge in [-0.05, 0) is 63.3 Å². The van der Waals surface area contributed by atoms with Crippen LogP contribution in [0.1, 0.15) is 65.4 Å². The third-order valence-corrected chi connectivity index (χ3v) is 7.35. The van der Waals surface area contributed by atoms with Crippen LogP contribution in [0.2, 0.25) is 0 Å². The fraction of sp³-hybridized carbons (Fsp3) is 0.581. The van der Waals surface area contributed by atoms with Crippen LogP contribution in [-0.2, 0) is 40.0 Å². The molecule has 0 aromatic heterocycles. The number of phenols is 1. The monoisotopic (exact) mass is 663 g/mol. The molecule has 0 aliphatic heterocycles. The number of hydrogen-bond donors (Lipinski definition) is 9. The van der Waals surface area contributed by atoms with Gasteiger partial charge in [0, 0.05) is 12.8 Å². The molecule has 0 fully saturated rings. The lowest BCUT2D eigenvalue weighted by Crippen LogP contribution is -2.57. The first-order chi connectivity index (χ1) is 22.1. The Morgan fingerprint density at radius 2 is 1.40 bits per heavy atom. The van der Waals surface area contributed by atoms with Crippen LogP contribution in [0.4, 0.5) is 0 Å². The zero-order chi connectivity index (χ0) is 35.7. The van der Waals surface area contributed by atoms with E-state index in [0.717, 1.165) is 0 Å². The molecule has 0 radical (unpaired) electrons. The minimum Gasteiger partial charge on any atom is -0.508 e. The number of carboxylic acid groups (broad SMARTS) is 1. The van der Waals surface area contributed by atoms with Gasteiger partial charge in [-0.25, -0.2) is 4.79 Å². The first-order valence-electron chi connectivity index (χ1n) is 15.5. The SMILES string of the molecule is CC[C@H](C)[C@H](NC(=O)[C@H](Cc1ccc(O)cc1)NC(=O)CNC(=O)[C@H](CC(C)=O)NC(=O)[C@H](CCCCN)NC(=O)[C@H](C)N)C(=O)O. The Morgan fingerprint density at radius 1 is 0.809 bits per heavy atom. The van der Waals surface area contributed by atoms with Gasteiger partial charge < -0.3 is 48.3 Å². The van der Waals surface area contributed by atoms with Crippen LogP contribution in [0.3, 0.4) is 0 Å². The molecule has 11 N–H and O–H groups in total. The maximum Gasteiger partial charge on any atom is 0.326 e. The summed E-state index contributed by atoms with van der Waals surface area (Å²) in [4.78, 5) is 88.2. The van der Waals surface area contributed by atoms with Crippen molar-refractivity contribution in [3.63, 3.8) is 0 Å². The zero-order valence-corrected chi connectivity index (χ0v) is 27.3. The van der Waals surface area contributed by atoms with Crippen molar-refractivity contribution in [2.45, 2.75) is 96.4 Å². The molecule has 262 valence electrons. The Morgan fingerprint density at radius 3 is 1.94 bits per heavy atom. The highest BCUT2D eigenvalue weighted by atomic mass is 16.4. The summed E-state index contributed by atoms with van der Waals surface area (Å²) in [7, 11) is 0. The summed E-state index contributed by atoms with van der Waals surface area (Å²) in [5, 5.41) is 31.5. The summed E-state index contributed by atoms with van der Waals surface area (Å²) in [6, 6.07) is 0.00254. The third-order valence-electron chi connectivity index (χ3n) is 7.35. The normalized spacial score (nSPS) is 14.7. The fourth-order valence-corrected chi connectivity index (χ4v) is 4.38. The van der Waals surface area contributed by atoms with Crippen molar-refractivity contribution in [1.29, 1.82) is 0 Å². The van der Waals surface area contributed by atoms with Crippen molar-refractivity contribution in [3.05, 3.63) is 29.8 Å². The van der Waals surface area contributed by atoms with Gasteiger partial charge in [0.25, 0.3) is 0 Å². The van der Waals surface area contributed by atoms with Gasteiger partial charge in [0.1, 0.15) is 35.7 Å². The number of phenolic OH excluding ortho intramolecular Hbond substituents is 1. The predicted molar refractivity (Wildman–Crippen MR) is 171 cm³/mol. The topological polar surface area (TPSA) is 272 Å². The van der Waals surface area contributed by atoms with E-state index in [0.29, 0.717) is 31.4 Å². The molecule has 0 aliphatic carbocycles. The Labute approximate surface area is 274 Å². The second-order valence-electron chi connectivity index (χ2n) is 11.5. The maximum atomic E-state index is 13.2. The molecule has 1 aromatic carbocycles. The number of amides is 5. The molecule has 47 heavy (non-hydrogen) atoms. The number of carbonyl (C=O) groups excluding carboxylic acids is 6. The number of aliphatic carboxylic acids is 1. The van der Waals surface area contributed by atoms with E-state index in [1.807, 2.05) is 0 Å². The van der Waals surface area contributed by atoms with Gasteiger partial charge in [0.05, 0.1) is 12.6 Å². The first-order valence-corrected chi connectivity index (χ1v) is 15.5. The van der Waals surface area contributed by atoms with E-state index in [1.54, 1.807) is 13.8 Å². The predicted octanol–water partition coefficient (Wildman–Crippen LogP) is -1.42. The van der Waals surface area contributed by atoms with Gasteiger partial charge in [-0.2, -0.15) is 0 Å². The number of carbonyl (C=O) groups is 7. The van der Waals surface area contributed by atoms with E-state index in [-0.39, 0.29) is 18.6 Å². The highest BCUT2D eigenvalue weighted by molar-refractivity contribution is 5.97. The number of hydrogen-bond acceptors (Lipinski definition) is 10. The number of nitrogens with one attached hydrogen (secondary N) is 5. The number of aromatic hydroxyl groups is 1. The lowest BCUT2D eigenvalue weighted by atomic mass is 9.98. The smallest absolute Gasteiger partial charge is 0.326 e. The van der Waals surface area contributed by atoms with Crippen LogP contribution in [0, 0.1) is 5.92 Å². The van der Waals surface area contributed by atoms with Gasteiger partial charge in [-0.1, -0.05) is 32.4 Å². The van der Waals surface area contributed by atoms with Gasteiger partial charge in [0.15, 0.2) is 0 Å². The van der Waals surface area contributed by atoms with Crippen molar-refractivity contribution in [2.75, 3.05) is 13.1 Å². The molecule has 0 bridgehead atoms. The lowest BCUT2D eigenvalue weighted by molar-refractivity contribution is -0.143. The van der Waals surface area contributed by atoms with Gasteiger partial charge >= 0.3 is 5.97 Å².